The Morgan fingerprint density at radius 1 is 0.750 bits per heavy atom. The number of unbranched alkanes of at least 4 members (excludes halogenated alkanes) is 2. The molecule has 1 fully saturated rings. The van der Waals surface area contributed by atoms with Crippen molar-refractivity contribution in [1.82, 2.24) is 0 Å². The molecule has 0 heterocycles. The zero-order valence-electron chi connectivity index (χ0n) is 18.8. The van der Waals surface area contributed by atoms with Crippen LogP contribution in [-0.2, 0) is 19.1 Å². The lowest BCUT2D eigenvalue weighted by atomic mass is 9.79. The Morgan fingerprint density at radius 3 is 1.46 bits per heavy atom. The zero-order valence-corrected chi connectivity index (χ0v) is 18.8. The predicted molar refractivity (Wildman–Crippen MR) is 114 cm³/mol. The first kappa shape index (κ1) is 25.0. The molecular weight excluding hydrogens is 352 g/mol. The van der Waals surface area contributed by atoms with Crippen LogP contribution < -0.4 is 0 Å². The van der Waals surface area contributed by atoms with Gasteiger partial charge in [-0.25, -0.2) is 0 Å². The molecule has 0 aromatic heterocycles. The molecule has 4 atom stereocenters. The van der Waals surface area contributed by atoms with E-state index in [1.54, 1.807) is 0 Å². The van der Waals surface area contributed by atoms with Crippen LogP contribution in [0.3, 0.4) is 0 Å². The maximum absolute atomic E-state index is 12.7. The van der Waals surface area contributed by atoms with Gasteiger partial charge in [-0.05, 0) is 37.5 Å². The van der Waals surface area contributed by atoms with Gasteiger partial charge in [0, 0.05) is 0 Å². The number of ether oxygens (including phenoxy) is 2. The molecule has 0 saturated heterocycles. The van der Waals surface area contributed by atoms with E-state index in [1.807, 2.05) is 0 Å². The first-order valence-corrected chi connectivity index (χ1v) is 11.9. The minimum Gasteiger partial charge on any atom is -0.465 e. The number of rotatable bonds is 14. The summed E-state index contributed by atoms with van der Waals surface area (Å²) >= 11 is 0. The van der Waals surface area contributed by atoms with E-state index in [4.69, 9.17) is 9.47 Å². The zero-order chi connectivity index (χ0) is 20.8. The molecule has 0 radical (unpaired) electrons. The molecule has 0 aromatic rings. The van der Waals surface area contributed by atoms with Crippen LogP contribution in [0.25, 0.3) is 0 Å². The van der Waals surface area contributed by atoms with Gasteiger partial charge in [0.05, 0.1) is 25.0 Å². The minimum atomic E-state index is -0.319. The SMILES string of the molecule is CCCC[C@H](CC)COC(=O)[C@H]1CCCC[C@H]1C(=O)OC[C@@H](CC)CCCC. The second-order valence-corrected chi connectivity index (χ2v) is 8.59. The van der Waals surface area contributed by atoms with Crippen LogP contribution in [0.15, 0.2) is 0 Å². The van der Waals surface area contributed by atoms with Gasteiger partial charge in [-0.1, -0.05) is 79.1 Å². The maximum Gasteiger partial charge on any atom is 0.309 e. The van der Waals surface area contributed by atoms with Gasteiger partial charge in [0.25, 0.3) is 0 Å². The second kappa shape index (κ2) is 14.9. The Hall–Kier alpha value is -1.06. The Labute approximate surface area is 173 Å². The van der Waals surface area contributed by atoms with Crippen molar-refractivity contribution in [3.63, 3.8) is 0 Å². The van der Waals surface area contributed by atoms with Gasteiger partial charge >= 0.3 is 11.9 Å². The molecule has 1 rings (SSSR count). The van der Waals surface area contributed by atoms with Crippen LogP contribution >= 0.6 is 0 Å². The van der Waals surface area contributed by atoms with E-state index in [0.29, 0.717) is 25.0 Å². The first-order chi connectivity index (χ1) is 13.6. The average molecular weight is 397 g/mol. The largest absolute Gasteiger partial charge is 0.465 e. The van der Waals surface area contributed by atoms with Crippen molar-refractivity contribution in [2.75, 3.05) is 13.2 Å². The summed E-state index contributed by atoms with van der Waals surface area (Å²) in [6, 6.07) is 0. The summed E-state index contributed by atoms with van der Waals surface area (Å²) in [4.78, 5) is 25.4. The molecule has 28 heavy (non-hydrogen) atoms. The normalized spacial score (nSPS) is 21.7. The molecule has 0 spiro atoms. The molecule has 1 saturated carbocycles. The Kier molecular flexibility index (Phi) is 13.3. The average Bonchev–Trinajstić information content (AvgIpc) is 2.73. The van der Waals surface area contributed by atoms with E-state index in [0.717, 1.165) is 64.2 Å². The highest BCUT2D eigenvalue weighted by molar-refractivity contribution is 5.82. The molecule has 0 bridgehead atoms. The molecule has 0 aliphatic heterocycles. The monoisotopic (exact) mass is 396 g/mol. The van der Waals surface area contributed by atoms with Gasteiger partial charge in [0.1, 0.15) is 0 Å². The highest BCUT2D eigenvalue weighted by atomic mass is 16.5. The maximum atomic E-state index is 12.7. The van der Waals surface area contributed by atoms with Gasteiger partial charge in [-0.2, -0.15) is 0 Å². The van der Waals surface area contributed by atoms with Gasteiger partial charge in [-0.15, -0.1) is 0 Å². The van der Waals surface area contributed by atoms with Crippen molar-refractivity contribution < 1.29 is 19.1 Å². The summed E-state index contributed by atoms with van der Waals surface area (Å²) in [5.74, 6) is -0.144. The molecule has 1 aliphatic carbocycles. The molecule has 1 aliphatic rings. The topological polar surface area (TPSA) is 52.6 Å². The number of hydrogen-bond donors (Lipinski definition) is 0. The predicted octanol–water partition coefficient (Wildman–Crippen LogP) is 6.31. The van der Waals surface area contributed by atoms with Crippen LogP contribution in [0, 0.1) is 23.7 Å². The third-order valence-electron chi connectivity index (χ3n) is 6.38. The molecule has 4 nitrogen and oxygen atoms in total. The first-order valence-electron chi connectivity index (χ1n) is 11.9. The summed E-state index contributed by atoms with van der Waals surface area (Å²) in [6.45, 7) is 9.64. The number of carbonyl (C=O) groups excluding carboxylic acids is 2. The van der Waals surface area contributed by atoms with E-state index in [2.05, 4.69) is 27.7 Å². The fourth-order valence-corrected chi connectivity index (χ4v) is 4.11. The van der Waals surface area contributed by atoms with Crippen molar-refractivity contribution in [2.45, 2.75) is 105 Å². The number of esters is 2. The van der Waals surface area contributed by atoms with Crippen molar-refractivity contribution in [2.24, 2.45) is 23.7 Å². The third kappa shape index (κ3) is 8.96. The smallest absolute Gasteiger partial charge is 0.309 e. The van der Waals surface area contributed by atoms with Gasteiger partial charge in [-0.3, -0.25) is 9.59 Å². The summed E-state index contributed by atoms with van der Waals surface area (Å²) in [5, 5.41) is 0. The fourth-order valence-electron chi connectivity index (χ4n) is 4.11. The van der Waals surface area contributed by atoms with Crippen LogP contribution in [-0.4, -0.2) is 25.2 Å². The van der Waals surface area contributed by atoms with Gasteiger partial charge < -0.3 is 9.47 Å². The summed E-state index contributed by atoms with van der Waals surface area (Å²) < 4.78 is 11.3. The van der Waals surface area contributed by atoms with Crippen LogP contribution in [0.5, 0.6) is 0 Å². The molecule has 164 valence electrons. The standard InChI is InChI=1S/C24H44O4/c1-5-9-13-19(7-3)17-27-23(25)21-15-11-12-16-22(21)24(26)28-18-20(8-4)14-10-6-2/h19-22H,5-18H2,1-4H3/t19-,20-,21-,22+/m0/s1. The van der Waals surface area contributed by atoms with Crippen molar-refractivity contribution in [3.8, 4) is 0 Å². The molecular formula is C24H44O4. The molecule has 0 amide bonds. The Balaban J connectivity index is 2.54. The molecule has 0 unspecified atom stereocenters. The molecule has 0 aromatic carbocycles. The highest BCUT2D eigenvalue weighted by Crippen LogP contribution is 2.32. The van der Waals surface area contributed by atoms with E-state index in [-0.39, 0.29) is 23.8 Å². The van der Waals surface area contributed by atoms with Crippen molar-refractivity contribution in [1.29, 1.82) is 0 Å². The van der Waals surface area contributed by atoms with Crippen molar-refractivity contribution >= 4 is 11.9 Å². The Bertz CT molecular complexity index is 394. The summed E-state index contributed by atoms with van der Waals surface area (Å²) in [7, 11) is 0. The lowest BCUT2D eigenvalue weighted by Gasteiger charge is -2.29. The summed E-state index contributed by atoms with van der Waals surface area (Å²) in [6.07, 6.45) is 12.4. The number of carbonyl (C=O) groups is 2. The van der Waals surface area contributed by atoms with Gasteiger partial charge in [0.15, 0.2) is 0 Å². The minimum absolute atomic E-state index is 0.186. The number of hydrogen-bond acceptors (Lipinski definition) is 4. The van der Waals surface area contributed by atoms with Crippen LogP contribution in [0.1, 0.15) is 105 Å². The van der Waals surface area contributed by atoms with Crippen molar-refractivity contribution in [3.05, 3.63) is 0 Å². The Morgan fingerprint density at radius 2 is 1.14 bits per heavy atom. The second-order valence-electron chi connectivity index (χ2n) is 8.59. The van der Waals surface area contributed by atoms with Crippen LogP contribution in [0.2, 0.25) is 0 Å². The van der Waals surface area contributed by atoms with Crippen LogP contribution in [0.4, 0.5) is 0 Å². The lowest BCUT2D eigenvalue weighted by molar-refractivity contribution is -0.164. The van der Waals surface area contributed by atoms with E-state index in [9.17, 15) is 9.59 Å². The molecule has 0 N–H and O–H groups in total. The van der Waals surface area contributed by atoms with Gasteiger partial charge in [0.2, 0.25) is 0 Å². The lowest BCUT2D eigenvalue weighted by Crippen LogP contribution is -2.36. The highest BCUT2D eigenvalue weighted by Gasteiger charge is 2.38. The molecule has 4 heteroatoms. The fraction of sp³-hybridized carbons (Fsp3) is 0.917. The third-order valence-corrected chi connectivity index (χ3v) is 6.38. The van der Waals surface area contributed by atoms with E-state index >= 15 is 0 Å². The summed E-state index contributed by atoms with van der Waals surface area (Å²) in [5.41, 5.74) is 0. The van der Waals surface area contributed by atoms with E-state index < -0.39 is 0 Å². The van der Waals surface area contributed by atoms with E-state index in [1.165, 1.54) is 12.8 Å². The quantitative estimate of drug-likeness (QED) is 0.323.